The number of carbonyl (C=O) groups excluding carboxylic acids is 2. The van der Waals surface area contributed by atoms with E-state index in [0.717, 1.165) is 22.0 Å². The van der Waals surface area contributed by atoms with Crippen LogP contribution in [0.3, 0.4) is 0 Å². The molecule has 0 unspecified atom stereocenters. The van der Waals surface area contributed by atoms with Crippen LogP contribution in [0.4, 0.5) is 5.69 Å². The van der Waals surface area contributed by atoms with Crippen molar-refractivity contribution in [3.63, 3.8) is 0 Å². The Morgan fingerprint density at radius 1 is 0.862 bits per heavy atom. The van der Waals surface area contributed by atoms with E-state index in [1.165, 1.54) is 0 Å². The van der Waals surface area contributed by atoms with E-state index in [1.54, 1.807) is 26.2 Å². The van der Waals surface area contributed by atoms with Crippen LogP contribution >= 0.6 is 0 Å². The Kier molecular flexibility index (Phi) is 6.17. The summed E-state index contributed by atoms with van der Waals surface area (Å²) in [5.41, 5.74) is 2.15. The van der Waals surface area contributed by atoms with Gasteiger partial charge < -0.3 is 14.8 Å². The monoisotopic (exact) mass is 391 g/mol. The minimum Gasteiger partial charge on any atom is -0.496 e. The van der Waals surface area contributed by atoms with Crippen LogP contribution in [0.2, 0.25) is 0 Å². The van der Waals surface area contributed by atoms with Gasteiger partial charge in [-0.1, -0.05) is 56.3 Å². The van der Waals surface area contributed by atoms with Crippen LogP contribution in [0, 0.1) is 0 Å². The average molecular weight is 391 g/mol. The van der Waals surface area contributed by atoms with Crippen LogP contribution in [-0.2, 0) is 9.53 Å². The van der Waals surface area contributed by atoms with Gasteiger partial charge in [0.25, 0.3) is 5.91 Å². The summed E-state index contributed by atoms with van der Waals surface area (Å²) in [5, 5.41) is 4.40. The molecule has 0 heterocycles. The van der Waals surface area contributed by atoms with E-state index in [9.17, 15) is 9.59 Å². The lowest BCUT2D eigenvalue weighted by Gasteiger charge is -2.17. The highest BCUT2D eigenvalue weighted by molar-refractivity contribution is 6.07. The Labute approximate surface area is 170 Å². The Balaban J connectivity index is 1.78. The summed E-state index contributed by atoms with van der Waals surface area (Å²) >= 11 is 0. The molecule has 0 bridgehead atoms. The lowest BCUT2D eigenvalue weighted by Crippen LogP contribution is -2.30. The number of esters is 1. The van der Waals surface area contributed by atoms with Crippen molar-refractivity contribution >= 4 is 28.3 Å². The van der Waals surface area contributed by atoms with Gasteiger partial charge in [-0.2, -0.15) is 0 Å². The molecule has 0 aromatic heterocycles. The highest BCUT2D eigenvalue weighted by Gasteiger charge is 2.22. The van der Waals surface area contributed by atoms with Crippen molar-refractivity contribution in [1.29, 1.82) is 0 Å². The first-order chi connectivity index (χ1) is 13.9. The maximum Gasteiger partial charge on any atom is 0.339 e. The molecule has 0 fully saturated rings. The molecule has 5 nitrogen and oxygen atoms in total. The summed E-state index contributed by atoms with van der Waals surface area (Å²) in [6.45, 7) is 5.68. The van der Waals surface area contributed by atoms with E-state index in [1.807, 2.05) is 48.5 Å². The second-order valence-electron chi connectivity index (χ2n) is 7.14. The van der Waals surface area contributed by atoms with Gasteiger partial charge in [-0.05, 0) is 42.0 Å². The first-order valence-electron chi connectivity index (χ1n) is 9.59. The quantitative estimate of drug-likeness (QED) is 0.590. The molecular formula is C24H25NO4. The second-order valence-corrected chi connectivity index (χ2v) is 7.14. The summed E-state index contributed by atoms with van der Waals surface area (Å²) in [6, 6.07) is 18.4. The molecule has 29 heavy (non-hydrogen) atoms. The van der Waals surface area contributed by atoms with Crippen LogP contribution in [0.1, 0.15) is 42.6 Å². The van der Waals surface area contributed by atoms with Crippen molar-refractivity contribution in [3.8, 4) is 5.75 Å². The maximum atomic E-state index is 12.8. The fourth-order valence-corrected chi connectivity index (χ4v) is 3.25. The minimum atomic E-state index is -0.941. The topological polar surface area (TPSA) is 64.6 Å². The first-order valence-corrected chi connectivity index (χ1v) is 9.59. The Bertz CT molecular complexity index is 1040. The normalized spacial score (nSPS) is 11.9. The van der Waals surface area contributed by atoms with Crippen molar-refractivity contribution in [2.75, 3.05) is 12.4 Å². The number of nitrogens with one attached hydrogen (secondary N) is 1. The molecule has 1 amide bonds. The van der Waals surface area contributed by atoms with Gasteiger partial charge in [0.05, 0.1) is 12.7 Å². The number of carbonyl (C=O) groups is 2. The largest absolute Gasteiger partial charge is 0.496 e. The number of rotatable bonds is 6. The van der Waals surface area contributed by atoms with Gasteiger partial charge in [0.15, 0.2) is 6.10 Å². The number of ether oxygens (including phenoxy) is 2. The molecule has 1 N–H and O–H groups in total. The molecule has 0 saturated heterocycles. The zero-order valence-corrected chi connectivity index (χ0v) is 17.1. The molecule has 150 valence electrons. The van der Waals surface area contributed by atoms with E-state index in [-0.39, 0.29) is 11.8 Å². The van der Waals surface area contributed by atoms with Gasteiger partial charge >= 0.3 is 5.97 Å². The zero-order valence-electron chi connectivity index (χ0n) is 17.1. The predicted molar refractivity (Wildman–Crippen MR) is 115 cm³/mol. The standard InChI is InChI=1S/C24H25NO4/c1-15(2)17-9-7-8-12-21(17)25-23(26)16(3)29-24(27)20-13-14-22(28-4)19-11-6-5-10-18(19)20/h5-16H,1-4H3,(H,25,26)/t16-/m1/s1. The third-order valence-corrected chi connectivity index (χ3v) is 4.82. The number of para-hydroxylation sites is 1. The van der Waals surface area contributed by atoms with E-state index in [0.29, 0.717) is 11.3 Å². The van der Waals surface area contributed by atoms with Crippen molar-refractivity contribution in [2.24, 2.45) is 0 Å². The molecule has 0 aliphatic rings. The number of hydrogen-bond acceptors (Lipinski definition) is 4. The van der Waals surface area contributed by atoms with Crippen LogP contribution < -0.4 is 10.1 Å². The number of anilines is 1. The lowest BCUT2D eigenvalue weighted by molar-refractivity contribution is -0.123. The highest BCUT2D eigenvalue weighted by Crippen LogP contribution is 2.29. The summed E-state index contributed by atoms with van der Waals surface area (Å²) in [6.07, 6.45) is -0.941. The fourth-order valence-electron chi connectivity index (χ4n) is 3.25. The Morgan fingerprint density at radius 3 is 2.21 bits per heavy atom. The van der Waals surface area contributed by atoms with Crippen LogP contribution in [-0.4, -0.2) is 25.1 Å². The van der Waals surface area contributed by atoms with Crippen molar-refractivity contribution in [1.82, 2.24) is 0 Å². The molecule has 3 aromatic carbocycles. The molecule has 0 spiro atoms. The summed E-state index contributed by atoms with van der Waals surface area (Å²) in [7, 11) is 1.58. The zero-order chi connectivity index (χ0) is 21.0. The van der Waals surface area contributed by atoms with Crippen molar-refractivity contribution in [3.05, 3.63) is 71.8 Å². The van der Waals surface area contributed by atoms with E-state index >= 15 is 0 Å². The third-order valence-electron chi connectivity index (χ3n) is 4.82. The number of methoxy groups -OCH3 is 1. The summed E-state index contributed by atoms with van der Waals surface area (Å²) in [4.78, 5) is 25.4. The number of fused-ring (bicyclic) bond motifs is 1. The number of benzene rings is 3. The maximum absolute atomic E-state index is 12.8. The van der Waals surface area contributed by atoms with Gasteiger partial charge in [-0.15, -0.1) is 0 Å². The second kappa shape index (κ2) is 8.78. The summed E-state index contributed by atoms with van der Waals surface area (Å²) in [5.74, 6) is 0.0103. The molecule has 0 aliphatic heterocycles. The molecular weight excluding hydrogens is 366 g/mol. The molecule has 3 aromatic rings. The fraction of sp³-hybridized carbons (Fsp3) is 0.250. The van der Waals surface area contributed by atoms with Crippen LogP contribution in [0.5, 0.6) is 5.75 Å². The van der Waals surface area contributed by atoms with E-state index < -0.39 is 12.1 Å². The number of hydrogen-bond donors (Lipinski definition) is 1. The van der Waals surface area contributed by atoms with E-state index in [4.69, 9.17) is 9.47 Å². The van der Waals surface area contributed by atoms with Crippen molar-refractivity contribution < 1.29 is 19.1 Å². The molecule has 1 atom stereocenters. The van der Waals surface area contributed by atoms with Crippen molar-refractivity contribution in [2.45, 2.75) is 32.8 Å². The first kappa shape index (κ1) is 20.4. The van der Waals surface area contributed by atoms with Gasteiger partial charge in [-0.3, -0.25) is 4.79 Å². The van der Waals surface area contributed by atoms with Gasteiger partial charge in [0.1, 0.15) is 5.75 Å². The van der Waals surface area contributed by atoms with Gasteiger partial charge in [-0.25, -0.2) is 4.79 Å². The van der Waals surface area contributed by atoms with Gasteiger partial charge in [0, 0.05) is 11.1 Å². The molecule has 5 heteroatoms. The molecule has 0 aliphatic carbocycles. The predicted octanol–water partition coefficient (Wildman–Crippen LogP) is 5.16. The smallest absolute Gasteiger partial charge is 0.339 e. The van der Waals surface area contributed by atoms with Gasteiger partial charge in [0.2, 0.25) is 0 Å². The summed E-state index contributed by atoms with van der Waals surface area (Å²) < 4.78 is 10.8. The highest BCUT2D eigenvalue weighted by atomic mass is 16.5. The molecule has 3 rings (SSSR count). The number of amides is 1. The minimum absolute atomic E-state index is 0.259. The van der Waals surface area contributed by atoms with Crippen LogP contribution in [0.15, 0.2) is 60.7 Å². The molecule has 0 saturated carbocycles. The Morgan fingerprint density at radius 2 is 1.52 bits per heavy atom. The Hall–Kier alpha value is -3.34. The van der Waals surface area contributed by atoms with Crippen LogP contribution in [0.25, 0.3) is 10.8 Å². The molecule has 0 radical (unpaired) electrons. The average Bonchev–Trinajstić information content (AvgIpc) is 2.72. The third kappa shape index (κ3) is 4.40. The SMILES string of the molecule is COc1ccc(C(=O)O[C@H](C)C(=O)Nc2ccccc2C(C)C)c2ccccc12. The van der Waals surface area contributed by atoms with E-state index in [2.05, 4.69) is 19.2 Å². The lowest BCUT2D eigenvalue weighted by atomic mass is 10.0.